The van der Waals surface area contributed by atoms with Gasteiger partial charge in [0, 0.05) is 24.2 Å². The smallest absolute Gasteiger partial charge is 0.303 e. The molecule has 1 amide bonds. The summed E-state index contributed by atoms with van der Waals surface area (Å²) in [5, 5.41) is 6.66. The summed E-state index contributed by atoms with van der Waals surface area (Å²) >= 11 is 0. The Labute approximate surface area is 97.8 Å². The Morgan fingerprint density at radius 3 is 2.82 bits per heavy atom. The Kier molecular flexibility index (Phi) is 2.94. The van der Waals surface area contributed by atoms with E-state index in [0.717, 1.165) is 16.7 Å². The van der Waals surface area contributed by atoms with Crippen LogP contribution in [-0.2, 0) is 0 Å². The quantitative estimate of drug-likeness (QED) is 0.770. The SMILES string of the molecule is Cc1c(-c2ccncc2)c[nH]c1C(=O)N=C=N. The number of aromatic nitrogens is 2. The predicted molar refractivity (Wildman–Crippen MR) is 63.2 cm³/mol. The minimum atomic E-state index is -0.488. The van der Waals surface area contributed by atoms with Gasteiger partial charge in [0.05, 0.1) is 6.01 Å². The van der Waals surface area contributed by atoms with E-state index in [9.17, 15) is 4.79 Å². The third-order valence-corrected chi connectivity index (χ3v) is 2.50. The lowest BCUT2D eigenvalue weighted by atomic mass is 10.1. The fourth-order valence-electron chi connectivity index (χ4n) is 1.66. The number of rotatable bonds is 2. The maximum absolute atomic E-state index is 11.5. The molecule has 0 bridgehead atoms. The molecule has 2 N–H and O–H groups in total. The first kappa shape index (κ1) is 11.0. The van der Waals surface area contributed by atoms with Gasteiger partial charge in [0.1, 0.15) is 5.69 Å². The molecular weight excluding hydrogens is 216 g/mol. The third-order valence-electron chi connectivity index (χ3n) is 2.50. The molecule has 0 aliphatic carbocycles. The second-order valence-electron chi connectivity index (χ2n) is 3.47. The molecule has 5 heteroatoms. The van der Waals surface area contributed by atoms with Gasteiger partial charge in [-0.1, -0.05) is 0 Å². The van der Waals surface area contributed by atoms with Crippen molar-refractivity contribution in [1.29, 1.82) is 5.41 Å². The highest BCUT2D eigenvalue weighted by molar-refractivity contribution is 5.98. The number of H-pyrrole nitrogens is 1. The van der Waals surface area contributed by atoms with Gasteiger partial charge < -0.3 is 4.98 Å². The van der Waals surface area contributed by atoms with Crippen LogP contribution < -0.4 is 0 Å². The zero-order valence-electron chi connectivity index (χ0n) is 9.19. The second kappa shape index (κ2) is 4.55. The van der Waals surface area contributed by atoms with Crippen molar-refractivity contribution in [3.8, 4) is 11.1 Å². The highest BCUT2D eigenvalue weighted by Crippen LogP contribution is 2.25. The fourth-order valence-corrected chi connectivity index (χ4v) is 1.66. The minimum absolute atomic E-state index is 0.386. The lowest BCUT2D eigenvalue weighted by Crippen LogP contribution is -1.96. The molecule has 2 heterocycles. The highest BCUT2D eigenvalue weighted by atomic mass is 16.1. The van der Waals surface area contributed by atoms with Crippen LogP contribution in [0.15, 0.2) is 35.7 Å². The van der Waals surface area contributed by atoms with Crippen LogP contribution in [0.3, 0.4) is 0 Å². The number of pyridine rings is 1. The van der Waals surface area contributed by atoms with Crippen LogP contribution in [0.25, 0.3) is 11.1 Å². The van der Waals surface area contributed by atoms with E-state index < -0.39 is 5.91 Å². The van der Waals surface area contributed by atoms with Crippen molar-refractivity contribution in [3.05, 3.63) is 42.0 Å². The summed E-state index contributed by atoms with van der Waals surface area (Å²) in [5.74, 6) is -0.488. The summed E-state index contributed by atoms with van der Waals surface area (Å²) in [6.45, 7) is 1.83. The Hall–Kier alpha value is -2.52. The Balaban J connectivity index is 2.47. The van der Waals surface area contributed by atoms with Gasteiger partial charge in [0.25, 0.3) is 0 Å². The van der Waals surface area contributed by atoms with Gasteiger partial charge in [-0.15, -0.1) is 4.99 Å². The normalized spacial score (nSPS) is 9.71. The number of hydrogen-bond donors (Lipinski definition) is 2. The summed E-state index contributed by atoms with van der Waals surface area (Å²) in [5.41, 5.74) is 3.10. The predicted octanol–water partition coefficient (Wildman–Crippen LogP) is 2.28. The summed E-state index contributed by atoms with van der Waals surface area (Å²) in [7, 11) is 0. The molecule has 0 aliphatic heterocycles. The average molecular weight is 226 g/mol. The number of nitrogens with zero attached hydrogens (tertiary/aromatic N) is 2. The van der Waals surface area contributed by atoms with E-state index in [1.807, 2.05) is 19.1 Å². The van der Waals surface area contributed by atoms with Gasteiger partial charge in [0.15, 0.2) is 0 Å². The van der Waals surface area contributed by atoms with Crippen molar-refractivity contribution in [2.45, 2.75) is 6.92 Å². The summed E-state index contributed by atoms with van der Waals surface area (Å²) < 4.78 is 0. The van der Waals surface area contributed by atoms with Crippen LogP contribution in [0.2, 0.25) is 0 Å². The van der Waals surface area contributed by atoms with Crippen molar-refractivity contribution in [3.63, 3.8) is 0 Å². The highest BCUT2D eigenvalue weighted by Gasteiger charge is 2.14. The van der Waals surface area contributed by atoms with Gasteiger partial charge in [-0.25, -0.2) is 5.41 Å². The molecule has 2 aromatic heterocycles. The van der Waals surface area contributed by atoms with Gasteiger partial charge in [-0.05, 0) is 30.2 Å². The maximum Gasteiger partial charge on any atom is 0.303 e. The van der Waals surface area contributed by atoms with E-state index in [4.69, 9.17) is 5.41 Å². The van der Waals surface area contributed by atoms with Crippen LogP contribution in [0.5, 0.6) is 0 Å². The first-order valence-corrected chi connectivity index (χ1v) is 4.99. The third kappa shape index (κ3) is 2.04. The Morgan fingerprint density at radius 1 is 1.47 bits per heavy atom. The molecule has 2 aromatic rings. The molecule has 0 atom stereocenters. The molecular formula is C12H10N4O. The fraction of sp³-hybridized carbons (Fsp3) is 0.0833. The van der Waals surface area contributed by atoms with Crippen LogP contribution in [-0.4, -0.2) is 21.9 Å². The zero-order valence-corrected chi connectivity index (χ0v) is 9.19. The molecule has 0 aliphatic rings. The number of hydrogen-bond acceptors (Lipinski definition) is 3. The lowest BCUT2D eigenvalue weighted by molar-refractivity contribution is 0.0999. The van der Waals surface area contributed by atoms with Crippen LogP contribution in [0, 0.1) is 12.3 Å². The largest absolute Gasteiger partial charge is 0.356 e. The number of aliphatic imine (C=N–C) groups is 1. The van der Waals surface area contributed by atoms with E-state index in [2.05, 4.69) is 15.0 Å². The molecule has 5 nitrogen and oxygen atoms in total. The van der Waals surface area contributed by atoms with Crippen molar-refractivity contribution in [1.82, 2.24) is 9.97 Å². The van der Waals surface area contributed by atoms with Crippen LogP contribution >= 0.6 is 0 Å². The number of carbonyl (C=O) groups is 1. The number of aromatic amines is 1. The van der Waals surface area contributed by atoms with Crippen molar-refractivity contribution >= 4 is 11.9 Å². The van der Waals surface area contributed by atoms with Crippen molar-refractivity contribution in [2.24, 2.45) is 4.99 Å². The van der Waals surface area contributed by atoms with Crippen LogP contribution in [0.1, 0.15) is 16.1 Å². The van der Waals surface area contributed by atoms with Gasteiger partial charge in [0.2, 0.25) is 0 Å². The van der Waals surface area contributed by atoms with E-state index >= 15 is 0 Å². The Bertz CT molecular complexity index is 594. The lowest BCUT2D eigenvalue weighted by Gasteiger charge is -1.99. The van der Waals surface area contributed by atoms with E-state index in [1.165, 1.54) is 0 Å². The maximum atomic E-state index is 11.5. The van der Waals surface area contributed by atoms with Crippen LogP contribution in [0.4, 0.5) is 0 Å². The van der Waals surface area contributed by atoms with Gasteiger partial charge >= 0.3 is 5.91 Å². The monoisotopic (exact) mass is 226 g/mol. The molecule has 0 unspecified atom stereocenters. The van der Waals surface area contributed by atoms with E-state index in [-0.39, 0.29) is 0 Å². The summed E-state index contributed by atoms with van der Waals surface area (Å²) in [6, 6.07) is 5.47. The minimum Gasteiger partial charge on any atom is -0.356 e. The van der Waals surface area contributed by atoms with Crippen molar-refractivity contribution < 1.29 is 4.79 Å². The molecule has 84 valence electrons. The first-order valence-electron chi connectivity index (χ1n) is 4.99. The first-order chi connectivity index (χ1) is 8.24. The molecule has 0 saturated carbocycles. The van der Waals surface area contributed by atoms with Crippen molar-refractivity contribution in [2.75, 3.05) is 0 Å². The topological polar surface area (TPSA) is 82.0 Å². The molecule has 0 spiro atoms. The Morgan fingerprint density at radius 2 is 2.18 bits per heavy atom. The molecule has 0 fully saturated rings. The van der Waals surface area contributed by atoms with E-state index in [0.29, 0.717) is 5.69 Å². The number of nitrogens with one attached hydrogen (secondary N) is 2. The number of carbonyl (C=O) groups excluding carboxylic acids is 1. The summed E-state index contributed by atoms with van der Waals surface area (Å²) in [4.78, 5) is 21.6. The van der Waals surface area contributed by atoms with Gasteiger partial charge in [-0.3, -0.25) is 9.78 Å². The van der Waals surface area contributed by atoms with Gasteiger partial charge in [-0.2, -0.15) is 0 Å². The molecule has 0 aromatic carbocycles. The average Bonchev–Trinajstić information content (AvgIpc) is 2.72. The number of amides is 1. The molecule has 0 saturated heterocycles. The standard InChI is InChI=1S/C12H10N4O/c1-8-10(9-2-4-14-5-3-9)6-15-11(8)12(17)16-7-13/h2-6,13,15H,1H3. The second-order valence-corrected chi connectivity index (χ2v) is 3.47. The summed E-state index contributed by atoms with van der Waals surface area (Å²) in [6.07, 6.45) is 5.13. The molecule has 2 rings (SSSR count). The zero-order chi connectivity index (χ0) is 12.3. The van der Waals surface area contributed by atoms with E-state index in [1.54, 1.807) is 24.6 Å². The molecule has 0 radical (unpaired) electrons. The molecule has 17 heavy (non-hydrogen) atoms.